The predicted octanol–water partition coefficient (Wildman–Crippen LogP) is 3.20. The molecule has 1 aliphatic rings. The molecule has 0 bridgehead atoms. The maximum Gasteiger partial charge on any atom is -0.00205 e. The summed E-state index contributed by atoms with van der Waals surface area (Å²) in [6.45, 7) is 7.11. The largest absolute Gasteiger partial charge is 0.316 e. The van der Waals surface area contributed by atoms with Gasteiger partial charge in [0, 0.05) is 0 Å². The summed E-state index contributed by atoms with van der Waals surface area (Å²) in [7, 11) is 0. The van der Waals surface area contributed by atoms with E-state index in [1.54, 1.807) is 0 Å². The van der Waals surface area contributed by atoms with Gasteiger partial charge in [-0.2, -0.15) is 0 Å². The van der Waals surface area contributed by atoms with Crippen molar-refractivity contribution in [2.24, 2.45) is 11.8 Å². The van der Waals surface area contributed by atoms with Crippen LogP contribution in [0.4, 0.5) is 0 Å². The third-order valence-electron chi connectivity index (χ3n) is 3.24. The molecule has 1 saturated carbocycles. The Morgan fingerprint density at radius 3 is 2.77 bits per heavy atom. The van der Waals surface area contributed by atoms with E-state index in [1.807, 2.05) is 0 Å². The van der Waals surface area contributed by atoms with Crippen molar-refractivity contribution in [1.82, 2.24) is 5.32 Å². The van der Waals surface area contributed by atoms with Gasteiger partial charge in [-0.3, -0.25) is 0 Å². The second kappa shape index (κ2) is 6.42. The van der Waals surface area contributed by atoms with Crippen molar-refractivity contribution in [3.63, 3.8) is 0 Å². The Morgan fingerprint density at radius 2 is 2.00 bits per heavy atom. The second-order valence-electron chi connectivity index (χ2n) is 4.68. The molecular formula is C12H25N. The minimum absolute atomic E-state index is 0.969. The van der Waals surface area contributed by atoms with Crippen LogP contribution in [-0.4, -0.2) is 13.1 Å². The average molecular weight is 183 g/mol. The molecule has 0 aromatic heterocycles. The molecule has 2 atom stereocenters. The van der Waals surface area contributed by atoms with E-state index < -0.39 is 0 Å². The van der Waals surface area contributed by atoms with Gasteiger partial charge in [0.15, 0.2) is 0 Å². The maximum absolute atomic E-state index is 3.55. The van der Waals surface area contributed by atoms with E-state index in [4.69, 9.17) is 0 Å². The van der Waals surface area contributed by atoms with Gasteiger partial charge in [0.05, 0.1) is 0 Å². The standard InChI is InChI=1S/C12H25N/c1-3-9-13-10-12-6-4-5-11(2)7-8-12/h11-13H,3-10H2,1-2H3. The summed E-state index contributed by atoms with van der Waals surface area (Å²) >= 11 is 0. The molecule has 78 valence electrons. The van der Waals surface area contributed by atoms with Gasteiger partial charge in [-0.25, -0.2) is 0 Å². The van der Waals surface area contributed by atoms with Crippen LogP contribution in [0.2, 0.25) is 0 Å². The van der Waals surface area contributed by atoms with Crippen LogP contribution in [0, 0.1) is 11.8 Å². The predicted molar refractivity (Wildman–Crippen MR) is 58.9 cm³/mol. The highest BCUT2D eigenvalue weighted by Gasteiger charge is 2.15. The van der Waals surface area contributed by atoms with Crippen LogP contribution in [0.3, 0.4) is 0 Å². The molecule has 0 aliphatic heterocycles. The smallest absolute Gasteiger partial charge is 0.00205 e. The lowest BCUT2D eigenvalue weighted by molar-refractivity contribution is 0.417. The summed E-state index contributed by atoms with van der Waals surface area (Å²) < 4.78 is 0. The minimum Gasteiger partial charge on any atom is -0.316 e. The Bertz CT molecular complexity index is 122. The number of rotatable bonds is 4. The molecule has 0 aromatic rings. The first kappa shape index (κ1) is 11.0. The minimum atomic E-state index is 0.969. The Morgan fingerprint density at radius 1 is 1.15 bits per heavy atom. The van der Waals surface area contributed by atoms with Crippen LogP contribution < -0.4 is 5.32 Å². The summed E-state index contributed by atoms with van der Waals surface area (Å²) in [5, 5.41) is 3.55. The van der Waals surface area contributed by atoms with Crippen LogP contribution in [-0.2, 0) is 0 Å². The Hall–Kier alpha value is -0.0400. The highest BCUT2D eigenvalue weighted by molar-refractivity contribution is 4.69. The van der Waals surface area contributed by atoms with E-state index in [0.717, 1.165) is 11.8 Å². The summed E-state index contributed by atoms with van der Waals surface area (Å²) in [5.74, 6) is 1.95. The van der Waals surface area contributed by atoms with E-state index in [9.17, 15) is 0 Å². The molecular weight excluding hydrogens is 158 g/mol. The highest BCUT2D eigenvalue weighted by Crippen LogP contribution is 2.26. The van der Waals surface area contributed by atoms with E-state index >= 15 is 0 Å². The SMILES string of the molecule is CCCNCC1CCCC(C)CC1. The first-order valence-electron chi connectivity index (χ1n) is 6.03. The zero-order valence-electron chi connectivity index (χ0n) is 9.31. The molecule has 1 aliphatic carbocycles. The van der Waals surface area contributed by atoms with Crippen molar-refractivity contribution < 1.29 is 0 Å². The lowest BCUT2D eigenvalue weighted by atomic mass is 9.99. The van der Waals surface area contributed by atoms with Gasteiger partial charge in [-0.15, -0.1) is 0 Å². The Labute approximate surface area is 83.3 Å². The van der Waals surface area contributed by atoms with Crippen LogP contribution in [0.15, 0.2) is 0 Å². The normalized spacial score (nSPS) is 30.0. The van der Waals surface area contributed by atoms with E-state index in [1.165, 1.54) is 51.6 Å². The topological polar surface area (TPSA) is 12.0 Å². The zero-order chi connectivity index (χ0) is 9.52. The molecule has 1 rings (SSSR count). The van der Waals surface area contributed by atoms with Crippen LogP contribution in [0.25, 0.3) is 0 Å². The molecule has 1 nitrogen and oxygen atoms in total. The van der Waals surface area contributed by atoms with Crippen LogP contribution in [0.5, 0.6) is 0 Å². The molecule has 1 heteroatoms. The van der Waals surface area contributed by atoms with Crippen molar-refractivity contribution >= 4 is 0 Å². The number of hydrogen-bond donors (Lipinski definition) is 1. The van der Waals surface area contributed by atoms with E-state index in [-0.39, 0.29) is 0 Å². The fourth-order valence-electron chi connectivity index (χ4n) is 2.25. The Balaban J connectivity index is 2.11. The van der Waals surface area contributed by atoms with Gasteiger partial charge < -0.3 is 5.32 Å². The highest BCUT2D eigenvalue weighted by atomic mass is 14.8. The lowest BCUT2D eigenvalue weighted by Gasteiger charge is -2.14. The molecule has 2 unspecified atom stereocenters. The van der Waals surface area contributed by atoms with Crippen molar-refractivity contribution in [3.05, 3.63) is 0 Å². The Kier molecular flexibility index (Phi) is 5.45. The van der Waals surface area contributed by atoms with Crippen molar-refractivity contribution in [3.8, 4) is 0 Å². The monoisotopic (exact) mass is 183 g/mol. The van der Waals surface area contributed by atoms with Crippen molar-refractivity contribution in [1.29, 1.82) is 0 Å². The third kappa shape index (κ3) is 4.66. The van der Waals surface area contributed by atoms with Gasteiger partial charge in [0.25, 0.3) is 0 Å². The van der Waals surface area contributed by atoms with Gasteiger partial charge >= 0.3 is 0 Å². The summed E-state index contributed by atoms with van der Waals surface area (Å²) in [6, 6.07) is 0. The molecule has 0 aromatic carbocycles. The van der Waals surface area contributed by atoms with E-state index in [0.29, 0.717) is 0 Å². The fourth-order valence-corrected chi connectivity index (χ4v) is 2.25. The summed E-state index contributed by atoms with van der Waals surface area (Å²) in [4.78, 5) is 0. The van der Waals surface area contributed by atoms with Gasteiger partial charge in [0.2, 0.25) is 0 Å². The molecule has 0 amide bonds. The maximum atomic E-state index is 3.55. The fraction of sp³-hybridized carbons (Fsp3) is 1.00. The molecule has 13 heavy (non-hydrogen) atoms. The molecule has 0 spiro atoms. The summed E-state index contributed by atoms with van der Waals surface area (Å²) in [5.41, 5.74) is 0. The summed E-state index contributed by atoms with van der Waals surface area (Å²) in [6.07, 6.45) is 8.56. The number of hydrogen-bond acceptors (Lipinski definition) is 1. The van der Waals surface area contributed by atoms with Gasteiger partial charge in [-0.05, 0) is 44.2 Å². The first-order valence-corrected chi connectivity index (χ1v) is 6.03. The molecule has 1 fully saturated rings. The van der Waals surface area contributed by atoms with E-state index in [2.05, 4.69) is 19.2 Å². The number of nitrogens with one attached hydrogen (secondary N) is 1. The van der Waals surface area contributed by atoms with Gasteiger partial charge in [-0.1, -0.05) is 33.1 Å². The molecule has 0 saturated heterocycles. The van der Waals surface area contributed by atoms with Crippen molar-refractivity contribution in [2.75, 3.05) is 13.1 Å². The third-order valence-corrected chi connectivity index (χ3v) is 3.24. The molecule has 0 radical (unpaired) electrons. The quantitative estimate of drug-likeness (QED) is 0.521. The van der Waals surface area contributed by atoms with Gasteiger partial charge in [0.1, 0.15) is 0 Å². The molecule has 1 N–H and O–H groups in total. The molecule has 0 heterocycles. The van der Waals surface area contributed by atoms with Crippen LogP contribution in [0.1, 0.15) is 52.4 Å². The zero-order valence-corrected chi connectivity index (χ0v) is 9.31. The lowest BCUT2D eigenvalue weighted by Crippen LogP contribution is -2.23. The first-order chi connectivity index (χ1) is 6.33. The van der Waals surface area contributed by atoms with Crippen LogP contribution >= 0.6 is 0 Å². The van der Waals surface area contributed by atoms with Crippen molar-refractivity contribution in [2.45, 2.75) is 52.4 Å². The second-order valence-corrected chi connectivity index (χ2v) is 4.68. The average Bonchev–Trinajstić information content (AvgIpc) is 2.32.